The van der Waals surface area contributed by atoms with Crippen molar-refractivity contribution in [3.05, 3.63) is 72.1 Å². The Morgan fingerprint density at radius 3 is 2.31 bits per heavy atom. The molecule has 154 valence electrons. The van der Waals surface area contributed by atoms with Crippen LogP contribution in [0.4, 0.5) is 10.8 Å². The highest BCUT2D eigenvalue weighted by Crippen LogP contribution is 2.36. The van der Waals surface area contributed by atoms with Crippen molar-refractivity contribution < 1.29 is 0 Å². The first kappa shape index (κ1) is 23.0. The molecule has 0 unspecified atom stereocenters. The van der Waals surface area contributed by atoms with Crippen LogP contribution in [0.3, 0.4) is 0 Å². The van der Waals surface area contributed by atoms with E-state index in [1.807, 2.05) is 24.4 Å². The number of aromatic nitrogens is 1. The number of anilines is 2. The molecule has 0 atom stereocenters. The van der Waals surface area contributed by atoms with Gasteiger partial charge in [0.15, 0.2) is 5.13 Å². The summed E-state index contributed by atoms with van der Waals surface area (Å²) in [4.78, 5) is 7.93. The third kappa shape index (κ3) is 6.38. The van der Waals surface area contributed by atoms with Gasteiger partial charge in [0, 0.05) is 29.2 Å². The van der Waals surface area contributed by atoms with Crippen molar-refractivity contribution in [2.24, 2.45) is 0 Å². The maximum absolute atomic E-state index is 6.25. The number of rotatable bonds is 8. The number of thiazole rings is 1. The van der Waals surface area contributed by atoms with Crippen LogP contribution in [0.25, 0.3) is 0 Å². The second-order valence-corrected chi connectivity index (χ2v) is 9.64. The molecule has 0 aliphatic carbocycles. The number of halogens is 5. The lowest BCUT2D eigenvalue weighted by atomic mass is 10.2. The van der Waals surface area contributed by atoms with Crippen LogP contribution in [-0.4, -0.2) is 16.4 Å². The van der Waals surface area contributed by atoms with Crippen molar-refractivity contribution in [2.45, 2.75) is 26.4 Å². The Hall–Kier alpha value is -0.720. The van der Waals surface area contributed by atoms with E-state index in [2.05, 4.69) is 22.1 Å². The van der Waals surface area contributed by atoms with Gasteiger partial charge in [-0.05, 0) is 42.8 Å². The molecular formula is C20H18Cl5N3S. The van der Waals surface area contributed by atoms with E-state index in [9.17, 15) is 0 Å². The van der Waals surface area contributed by atoms with Gasteiger partial charge in [0.05, 0.1) is 25.8 Å². The standard InChI is InChI=1S/C20H18Cl5N3S/c1-2-5-28(10-12-3-4-15(22)16(23)6-12)11-14-9-26-20(29-14)27-19-17(24)7-13(21)8-18(19)25/h3-4,6-9H,2,5,10-11H2,1H3,(H,26,27). The molecule has 0 aliphatic rings. The van der Waals surface area contributed by atoms with Crippen LogP contribution < -0.4 is 5.32 Å². The summed E-state index contributed by atoms with van der Waals surface area (Å²) in [6.45, 7) is 4.66. The molecule has 0 amide bonds. The molecule has 0 saturated carbocycles. The monoisotopic (exact) mass is 507 g/mol. The maximum Gasteiger partial charge on any atom is 0.187 e. The van der Waals surface area contributed by atoms with Crippen LogP contribution in [0.15, 0.2) is 36.5 Å². The third-order valence-corrected chi connectivity index (χ3v) is 6.55. The van der Waals surface area contributed by atoms with E-state index in [-0.39, 0.29) is 0 Å². The quantitative estimate of drug-likeness (QED) is 0.330. The molecule has 1 aromatic heterocycles. The lowest BCUT2D eigenvalue weighted by molar-refractivity contribution is 0.259. The molecule has 3 rings (SSSR count). The van der Waals surface area contributed by atoms with Crippen LogP contribution in [0.5, 0.6) is 0 Å². The zero-order chi connectivity index (χ0) is 21.0. The Morgan fingerprint density at radius 2 is 1.66 bits per heavy atom. The van der Waals surface area contributed by atoms with Crippen molar-refractivity contribution in [2.75, 3.05) is 11.9 Å². The van der Waals surface area contributed by atoms with Crippen LogP contribution in [0, 0.1) is 0 Å². The topological polar surface area (TPSA) is 28.2 Å². The lowest BCUT2D eigenvalue weighted by Gasteiger charge is -2.21. The van der Waals surface area contributed by atoms with E-state index in [0.29, 0.717) is 30.8 Å². The second kappa shape index (κ2) is 10.5. The summed E-state index contributed by atoms with van der Waals surface area (Å²) >= 11 is 32.2. The van der Waals surface area contributed by atoms with E-state index in [0.717, 1.165) is 41.6 Å². The van der Waals surface area contributed by atoms with Gasteiger partial charge < -0.3 is 5.32 Å². The predicted molar refractivity (Wildman–Crippen MR) is 128 cm³/mol. The Balaban J connectivity index is 1.70. The van der Waals surface area contributed by atoms with Crippen LogP contribution >= 0.6 is 69.3 Å². The molecule has 0 spiro atoms. The van der Waals surface area contributed by atoms with E-state index in [1.165, 1.54) is 0 Å². The smallest absolute Gasteiger partial charge is 0.187 e. The summed E-state index contributed by atoms with van der Waals surface area (Å²) in [7, 11) is 0. The van der Waals surface area contributed by atoms with Crippen molar-refractivity contribution in [1.29, 1.82) is 0 Å². The summed E-state index contributed by atoms with van der Waals surface area (Å²) in [5.74, 6) is 0. The van der Waals surface area contributed by atoms with Gasteiger partial charge in [-0.25, -0.2) is 4.98 Å². The van der Waals surface area contributed by atoms with Gasteiger partial charge in [-0.15, -0.1) is 11.3 Å². The number of hydrogen-bond acceptors (Lipinski definition) is 4. The number of nitrogens with one attached hydrogen (secondary N) is 1. The first-order valence-electron chi connectivity index (χ1n) is 8.88. The highest BCUT2D eigenvalue weighted by molar-refractivity contribution is 7.15. The molecule has 9 heteroatoms. The molecular weight excluding hydrogens is 492 g/mol. The Labute approximate surface area is 199 Å². The lowest BCUT2D eigenvalue weighted by Crippen LogP contribution is -2.23. The number of hydrogen-bond donors (Lipinski definition) is 1. The van der Waals surface area contributed by atoms with E-state index >= 15 is 0 Å². The summed E-state index contributed by atoms with van der Waals surface area (Å²) < 4.78 is 0. The number of nitrogens with zero attached hydrogens (tertiary/aromatic N) is 2. The van der Waals surface area contributed by atoms with Crippen LogP contribution in [0.1, 0.15) is 23.8 Å². The fourth-order valence-electron chi connectivity index (χ4n) is 2.85. The minimum Gasteiger partial charge on any atom is -0.329 e. The average molecular weight is 510 g/mol. The zero-order valence-electron chi connectivity index (χ0n) is 15.5. The van der Waals surface area contributed by atoms with Crippen LogP contribution in [0.2, 0.25) is 25.1 Å². The molecule has 0 radical (unpaired) electrons. The van der Waals surface area contributed by atoms with E-state index in [4.69, 9.17) is 58.0 Å². The first-order valence-corrected chi connectivity index (χ1v) is 11.6. The van der Waals surface area contributed by atoms with Crippen molar-refractivity contribution in [3.8, 4) is 0 Å². The fourth-order valence-corrected chi connectivity index (χ4v) is 4.95. The predicted octanol–water partition coefficient (Wildman–Crippen LogP) is 8.57. The van der Waals surface area contributed by atoms with Gasteiger partial charge in [-0.3, -0.25) is 4.90 Å². The second-order valence-electron chi connectivity index (χ2n) is 6.46. The first-order chi connectivity index (χ1) is 13.9. The minimum atomic E-state index is 0.450. The average Bonchev–Trinajstić information content (AvgIpc) is 3.08. The Morgan fingerprint density at radius 1 is 0.931 bits per heavy atom. The summed E-state index contributed by atoms with van der Waals surface area (Å²) in [6, 6.07) is 9.04. The Bertz CT molecular complexity index is 969. The molecule has 2 aromatic carbocycles. The van der Waals surface area contributed by atoms with Crippen molar-refractivity contribution >= 4 is 80.2 Å². The van der Waals surface area contributed by atoms with Gasteiger partial charge in [0.1, 0.15) is 0 Å². The molecule has 0 saturated heterocycles. The normalized spacial score (nSPS) is 11.3. The van der Waals surface area contributed by atoms with E-state index in [1.54, 1.807) is 23.5 Å². The number of benzene rings is 2. The third-order valence-electron chi connectivity index (χ3n) is 4.10. The molecule has 0 bridgehead atoms. The maximum atomic E-state index is 6.25. The zero-order valence-corrected chi connectivity index (χ0v) is 20.1. The van der Waals surface area contributed by atoms with E-state index < -0.39 is 0 Å². The van der Waals surface area contributed by atoms with Gasteiger partial charge in [0.2, 0.25) is 0 Å². The summed E-state index contributed by atoms with van der Waals surface area (Å²) in [5, 5.41) is 6.44. The highest BCUT2D eigenvalue weighted by Gasteiger charge is 2.13. The molecule has 29 heavy (non-hydrogen) atoms. The summed E-state index contributed by atoms with van der Waals surface area (Å²) in [5.41, 5.74) is 1.72. The largest absolute Gasteiger partial charge is 0.329 e. The van der Waals surface area contributed by atoms with Gasteiger partial charge in [-0.2, -0.15) is 0 Å². The Kier molecular flexibility index (Phi) is 8.34. The van der Waals surface area contributed by atoms with Crippen molar-refractivity contribution in [3.63, 3.8) is 0 Å². The van der Waals surface area contributed by atoms with Crippen molar-refractivity contribution in [1.82, 2.24) is 9.88 Å². The molecule has 1 heterocycles. The van der Waals surface area contributed by atoms with Gasteiger partial charge >= 0.3 is 0 Å². The molecule has 3 aromatic rings. The molecule has 0 fully saturated rings. The van der Waals surface area contributed by atoms with Gasteiger partial charge in [-0.1, -0.05) is 71.0 Å². The minimum absolute atomic E-state index is 0.450. The van der Waals surface area contributed by atoms with Crippen LogP contribution in [-0.2, 0) is 13.1 Å². The molecule has 1 N–H and O–H groups in total. The summed E-state index contributed by atoms with van der Waals surface area (Å²) in [6.07, 6.45) is 2.91. The highest BCUT2D eigenvalue weighted by atomic mass is 35.5. The molecule has 3 nitrogen and oxygen atoms in total. The fraction of sp³-hybridized carbons (Fsp3) is 0.250. The molecule has 0 aliphatic heterocycles. The SMILES string of the molecule is CCCN(Cc1ccc(Cl)c(Cl)c1)Cc1cnc(Nc2c(Cl)cc(Cl)cc2Cl)s1. The van der Waals surface area contributed by atoms with Gasteiger partial charge in [0.25, 0.3) is 0 Å².